The molecule has 0 radical (unpaired) electrons. The summed E-state index contributed by atoms with van der Waals surface area (Å²) in [6, 6.07) is 0. The first-order valence-corrected chi connectivity index (χ1v) is 9.13. The molecule has 1 aliphatic heterocycles. The molecule has 7 nitrogen and oxygen atoms in total. The molecule has 0 aliphatic carbocycles. The van der Waals surface area contributed by atoms with Crippen molar-refractivity contribution in [3.63, 3.8) is 0 Å². The maximum Gasteiger partial charge on any atom is 0.243 e. The topological polar surface area (TPSA) is 76.2 Å². The van der Waals surface area contributed by atoms with Crippen LogP contribution in [-0.4, -0.2) is 81.4 Å². The van der Waals surface area contributed by atoms with Crippen molar-refractivity contribution in [3.05, 3.63) is 0 Å². The Labute approximate surface area is 133 Å². The second-order valence-corrected chi connectivity index (χ2v) is 7.95. The zero-order valence-corrected chi connectivity index (χ0v) is 15.0. The number of sulfonamides is 1. The molecule has 22 heavy (non-hydrogen) atoms. The van der Waals surface area contributed by atoms with Gasteiger partial charge in [0.15, 0.2) is 0 Å². The summed E-state index contributed by atoms with van der Waals surface area (Å²) < 4.78 is 36.8. The van der Waals surface area contributed by atoms with Crippen LogP contribution in [0.25, 0.3) is 0 Å². The first-order valence-electron chi connectivity index (χ1n) is 7.52. The molecule has 1 atom stereocenters. The van der Waals surface area contributed by atoms with Gasteiger partial charge in [0.2, 0.25) is 15.9 Å². The van der Waals surface area contributed by atoms with Crippen molar-refractivity contribution in [1.82, 2.24) is 9.21 Å². The van der Waals surface area contributed by atoms with E-state index < -0.39 is 21.7 Å². The van der Waals surface area contributed by atoms with E-state index in [1.165, 1.54) is 18.5 Å². The summed E-state index contributed by atoms with van der Waals surface area (Å²) in [6.45, 7) is 6.90. The highest BCUT2D eigenvalue weighted by Crippen LogP contribution is 2.26. The Morgan fingerprint density at radius 2 is 1.91 bits per heavy atom. The third-order valence-electron chi connectivity index (χ3n) is 3.92. The van der Waals surface area contributed by atoms with E-state index in [2.05, 4.69) is 0 Å². The van der Waals surface area contributed by atoms with Gasteiger partial charge in [0.1, 0.15) is 5.54 Å². The summed E-state index contributed by atoms with van der Waals surface area (Å²) >= 11 is 0. The highest BCUT2D eigenvalue weighted by atomic mass is 32.2. The largest absolute Gasteiger partial charge is 0.382 e. The third kappa shape index (κ3) is 4.18. The molecule has 0 spiro atoms. The number of ether oxygens (including phenoxy) is 2. The van der Waals surface area contributed by atoms with Crippen LogP contribution in [-0.2, 0) is 24.3 Å². The lowest BCUT2D eigenvalue weighted by atomic mass is 10.0. The van der Waals surface area contributed by atoms with E-state index in [1.807, 2.05) is 6.92 Å². The minimum absolute atomic E-state index is 0.148. The highest BCUT2D eigenvalue weighted by molar-refractivity contribution is 7.89. The number of piperazine rings is 1. The summed E-state index contributed by atoms with van der Waals surface area (Å²) in [6.07, 6.45) is 0.309. The molecular weight excluding hydrogens is 308 g/mol. The summed E-state index contributed by atoms with van der Waals surface area (Å²) in [5.74, 6) is -0.341. The molecule has 0 bridgehead atoms. The van der Waals surface area contributed by atoms with E-state index in [-0.39, 0.29) is 18.3 Å². The van der Waals surface area contributed by atoms with Gasteiger partial charge in [-0.2, -0.15) is 4.31 Å². The lowest BCUT2D eigenvalue weighted by Crippen LogP contribution is -2.65. The van der Waals surface area contributed by atoms with Crippen molar-refractivity contribution in [2.45, 2.75) is 38.8 Å². The quantitative estimate of drug-likeness (QED) is 0.638. The van der Waals surface area contributed by atoms with Crippen LogP contribution in [0.5, 0.6) is 0 Å². The first kappa shape index (κ1) is 19.3. The lowest BCUT2D eigenvalue weighted by Gasteiger charge is -2.45. The number of amides is 1. The number of nitrogens with zero attached hydrogens (tertiary/aromatic N) is 2. The van der Waals surface area contributed by atoms with E-state index in [0.29, 0.717) is 19.6 Å². The Morgan fingerprint density at radius 3 is 2.41 bits per heavy atom. The number of hydrogen-bond donors (Lipinski definition) is 0. The first-order chi connectivity index (χ1) is 10.2. The second-order valence-electron chi connectivity index (χ2n) is 6.01. The Morgan fingerprint density at radius 1 is 1.27 bits per heavy atom. The summed E-state index contributed by atoms with van der Waals surface area (Å²) in [4.78, 5) is 14.3. The smallest absolute Gasteiger partial charge is 0.243 e. The van der Waals surface area contributed by atoms with Gasteiger partial charge in [0, 0.05) is 33.9 Å². The van der Waals surface area contributed by atoms with Gasteiger partial charge in [0.25, 0.3) is 0 Å². The molecule has 1 saturated heterocycles. The van der Waals surface area contributed by atoms with Gasteiger partial charge in [-0.25, -0.2) is 8.42 Å². The number of rotatable bonds is 8. The molecule has 1 aliphatic rings. The van der Waals surface area contributed by atoms with Crippen molar-refractivity contribution >= 4 is 15.9 Å². The summed E-state index contributed by atoms with van der Waals surface area (Å²) in [5, 5.41) is 0. The van der Waals surface area contributed by atoms with Gasteiger partial charge in [-0.05, 0) is 20.3 Å². The van der Waals surface area contributed by atoms with Gasteiger partial charge >= 0.3 is 0 Å². The van der Waals surface area contributed by atoms with E-state index in [0.717, 1.165) is 6.42 Å². The molecule has 1 amide bonds. The fraction of sp³-hybridized carbons (Fsp3) is 0.929. The van der Waals surface area contributed by atoms with Gasteiger partial charge < -0.3 is 14.4 Å². The van der Waals surface area contributed by atoms with Crippen molar-refractivity contribution < 1.29 is 22.7 Å². The highest BCUT2D eigenvalue weighted by Gasteiger charge is 2.47. The normalized spacial score (nSPS) is 21.1. The van der Waals surface area contributed by atoms with Gasteiger partial charge in [-0.1, -0.05) is 6.92 Å². The van der Waals surface area contributed by atoms with E-state index in [9.17, 15) is 13.2 Å². The molecule has 0 aromatic carbocycles. The van der Waals surface area contributed by atoms with Crippen LogP contribution < -0.4 is 0 Å². The summed E-state index contributed by atoms with van der Waals surface area (Å²) in [5.41, 5.74) is -1.07. The fourth-order valence-electron chi connectivity index (χ4n) is 2.75. The van der Waals surface area contributed by atoms with Crippen molar-refractivity contribution in [3.8, 4) is 0 Å². The minimum Gasteiger partial charge on any atom is -0.382 e. The van der Waals surface area contributed by atoms with Crippen LogP contribution >= 0.6 is 0 Å². The van der Waals surface area contributed by atoms with E-state index >= 15 is 0 Å². The molecule has 0 aromatic heterocycles. The molecule has 1 rings (SSSR count). The van der Waals surface area contributed by atoms with Crippen LogP contribution in [0.4, 0.5) is 0 Å². The SMILES string of the molecule is CCCN1CCN(S(=O)(=O)CC(COC)OC)C(C)(C)C1=O. The second kappa shape index (κ2) is 7.72. The zero-order valence-electron chi connectivity index (χ0n) is 14.2. The van der Waals surface area contributed by atoms with Crippen molar-refractivity contribution in [1.29, 1.82) is 0 Å². The molecule has 1 fully saturated rings. The van der Waals surface area contributed by atoms with Gasteiger partial charge in [0.05, 0.1) is 18.5 Å². The maximum absolute atomic E-state index is 12.7. The van der Waals surface area contributed by atoms with Crippen LogP contribution in [0.3, 0.4) is 0 Å². The van der Waals surface area contributed by atoms with Crippen LogP contribution in [0.2, 0.25) is 0 Å². The van der Waals surface area contributed by atoms with Gasteiger partial charge in [-0.15, -0.1) is 0 Å². The molecule has 1 unspecified atom stereocenters. The Kier molecular flexibility index (Phi) is 6.79. The molecular formula is C14H28N2O5S. The summed E-state index contributed by atoms with van der Waals surface area (Å²) in [7, 11) is -0.666. The van der Waals surface area contributed by atoms with E-state index in [4.69, 9.17) is 9.47 Å². The third-order valence-corrected chi connectivity index (χ3v) is 6.02. The lowest BCUT2D eigenvalue weighted by molar-refractivity contribution is -0.144. The van der Waals surface area contributed by atoms with Gasteiger partial charge in [-0.3, -0.25) is 4.79 Å². The van der Waals surface area contributed by atoms with E-state index in [1.54, 1.807) is 18.7 Å². The molecule has 8 heteroatoms. The Balaban J connectivity index is 2.93. The molecule has 0 aromatic rings. The molecule has 0 saturated carbocycles. The maximum atomic E-state index is 12.7. The Hall–Kier alpha value is -0.700. The average molecular weight is 336 g/mol. The number of carbonyl (C=O) groups is 1. The number of carbonyl (C=O) groups excluding carboxylic acids is 1. The van der Waals surface area contributed by atoms with Crippen LogP contribution in [0.1, 0.15) is 27.2 Å². The zero-order chi connectivity index (χ0) is 17.0. The molecule has 130 valence electrons. The number of hydrogen-bond acceptors (Lipinski definition) is 5. The minimum atomic E-state index is -3.61. The monoisotopic (exact) mass is 336 g/mol. The average Bonchev–Trinajstić information content (AvgIpc) is 2.43. The predicted molar refractivity (Wildman–Crippen MR) is 84.1 cm³/mol. The van der Waals surface area contributed by atoms with Crippen molar-refractivity contribution in [2.75, 3.05) is 46.2 Å². The van der Waals surface area contributed by atoms with Crippen LogP contribution in [0, 0.1) is 0 Å². The fourth-order valence-corrected chi connectivity index (χ4v) is 4.77. The number of methoxy groups -OCH3 is 2. The standard InChI is InChI=1S/C14H28N2O5S/c1-6-7-15-8-9-16(14(2,3)13(15)17)22(18,19)11-12(21-5)10-20-4/h12H,6-11H2,1-5H3. The molecule has 0 N–H and O–H groups in total. The molecule has 1 heterocycles. The van der Waals surface area contributed by atoms with Crippen molar-refractivity contribution in [2.24, 2.45) is 0 Å². The predicted octanol–water partition coefficient (Wildman–Crippen LogP) is 0.310. The van der Waals surface area contributed by atoms with Crippen LogP contribution in [0.15, 0.2) is 0 Å². The Bertz CT molecular complexity index is 478.